The van der Waals surface area contributed by atoms with Gasteiger partial charge in [-0.1, -0.05) is 31.0 Å². The molecule has 2 aromatic rings. The van der Waals surface area contributed by atoms with E-state index >= 15 is 0 Å². The molecule has 0 aromatic heterocycles. The van der Waals surface area contributed by atoms with Crippen molar-refractivity contribution in [2.24, 2.45) is 0 Å². The molecular formula is C23H27F5N2O. The van der Waals surface area contributed by atoms with Crippen LogP contribution >= 0.6 is 0 Å². The predicted molar refractivity (Wildman–Crippen MR) is 112 cm³/mol. The van der Waals surface area contributed by atoms with Crippen LogP contribution in [0.1, 0.15) is 48.8 Å². The highest BCUT2D eigenvalue weighted by molar-refractivity contribution is 5.93. The summed E-state index contributed by atoms with van der Waals surface area (Å²) in [4.78, 5) is 12.0. The monoisotopic (exact) mass is 442 g/mol. The minimum absolute atomic E-state index is 0.166. The molecule has 3 N–H and O–H groups in total. The van der Waals surface area contributed by atoms with Crippen LogP contribution in [-0.2, 0) is 23.8 Å². The normalized spacial score (nSPS) is 12.5. The first kappa shape index (κ1) is 24.6. The van der Waals surface area contributed by atoms with Crippen molar-refractivity contribution in [3.05, 3.63) is 59.2 Å². The Balaban J connectivity index is 1.78. The summed E-state index contributed by atoms with van der Waals surface area (Å²) in [6.45, 7) is -0.972. The maximum Gasteiger partial charge on any atom is 0.416 e. The van der Waals surface area contributed by atoms with E-state index in [9.17, 15) is 26.7 Å². The number of amides is 1. The van der Waals surface area contributed by atoms with Gasteiger partial charge in [-0.3, -0.25) is 4.79 Å². The lowest BCUT2D eigenvalue weighted by Crippen LogP contribution is -2.13. The van der Waals surface area contributed by atoms with Gasteiger partial charge in [-0.15, -0.1) is 0 Å². The molecule has 0 aliphatic carbocycles. The highest BCUT2D eigenvalue weighted by atomic mass is 19.4. The smallest absolute Gasteiger partial charge is 0.397 e. The van der Waals surface area contributed by atoms with Crippen LogP contribution < -0.4 is 11.1 Å². The number of carbonyl (C=O) groups is 1. The van der Waals surface area contributed by atoms with Gasteiger partial charge >= 0.3 is 6.18 Å². The summed E-state index contributed by atoms with van der Waals surface area (Å²) in [5, 5.41) is 2.74. The molecule has 31 heavy (non-hydrogen) atoms. The van der Waals surface area contributed by atoms with Gasteiger partial charge in [0.05, 0.1) is 16.9 Å². The third-order valence-corrected chi connectivity index (χ3v) is 4.96. The van der Waals surface area contributed by atoms with E-state index in [2.05, 4.69) is 5.32 Å². The lowest BCUT2D eigenvalue weighted by atomic mass is 10.0. The van der Waals surface area contributed by atoms with Crippen molar-refractivity contribution in [2.45, 2.75) is 57.3 Å². The topological polar surface area (TPSA) is 55.1 Å². The van der Waals surface area contributed by atoms with Gasteiger partial charge in [0.1, 0.15) is 12.8 Å². The molecule has 0 radical (unpaired) electrons. The van der Waals surface area contributed by atoms with Crippen molar-refractivity contribution in [1.29, 1.82) is 0 Å². The van der Waals surface area contributed by atoms with Crippen LogP contribution in [0.3, 0.4) is 0 Å². The molecule has 0 bridgehead atoms. The van der Waals surface area contributed by atoms with Crippen LogP contribution in [0.25, 0.3) is 0 Å². The van der Waals surface area contributed by atoms with Crippen LogP contribution in [0.15, 0.2) is 42.5 Å². The number of aryl methyl sites for hydroxylation is 2. The lowest BCUT2D eigenvalue weighted by molar-refractivity contribution is -0.137. The molecule has 0 unspecified atom stereocenters. The molecule has 0 saturated heterocycles. The molecule has 0 spiro atoms. The van der Waals surface area contributed by atoms with Gasteiger partial charge in [-0.25, -0.2) is 8.78 Å². The third-order valence-electron chi connectivity index (χ3n) is 4.96. The van der Waals surface area contributed by atoms with E-state index in [0.29, 0.717) is 43.5 Å². The Bertz CT molecular complexity index is 837. The summed E-state index contributed by atoms with van der Waals surface area (Å²) in [5.74, 6) is -0.202. The Labute approximate surface area is 178 Å². The predicted octanol–water partition coefficient (Wildman–Crippen LogP) is 6.27. The van der Waals surface area contributed by atoms with Crippen molar-refractivity contribution in [3.8, 4) is 0 Å². The van der Waals surface area contributed by atoms with Crippen molar-refractivity contribution >= 4 is 17.3 Å². The molecule has 3 nitrogen and oxygen atoms in total. The maximum absolute atomic E-state index is 12.8. The fourth-order valence-corrected chi connectivity index (χ4v) is 3.15. The number of halogens is 5. The van der Waals surface area contributed by atoms with Crippen LogP contribution in [0.4, 0.5) is 33.3 Å². The Morgan fingerprint density at radius 2 is 1.61 bits per heavy atom. The van der Waals surface area contributed by atoms with Crippen molar-refractivity contribution < 1.29 is 26.7 Å². The number of nitrogen functional groups attached to an aromatic ring is 1. The summed E-state index contributed by atoms with van der Waals surface area (Å²) in [6, 6.07) is 10.3. The molecule has 0 aliphatic heterocycles. The van der Waals surface area contributed by atoms with E-state index < -0.39 is 24.6 Å². The Morgan fingerprint density at radius 1 is 0.968 bits per heavy atom. The van der Waals surface area contributed by atoms with Gasteiger partial charge in [0.2, 0.25) is 5.91 Å². The number of carbonyl (C=O) groups excluding carboxylic acids is 1. The fourth-order valence-electron chi connectivity index (χ4n) is 3.15. The summed E-state index contributed by atoms with van der Waals surface area (Å²) in [5.41, 5.74) is 7.93. The standard InChI is InChI=1S/C23H27F5N2O/c24-15-19(25)4-2-1-3-5-22(31)30-21-13-10-17(14-20(21)29)7-6-16-8-11-18(12-9-16)23(26,27)28/h8-14,19H,1-7,15,29H2,(H,30,31)/t19-/m1/s1. The van der Waals surface area contributed by atoms with Gasteiger partial charge in [0.25, 0.3) is 0 Å². The maximum atomic E-state index is 12.8. The molecule has 0 heterocycles. The zero-order valence-corrected chi connectivity index (χ0v) is 17.2. The number of nitrogens with one attached hydrogen (secondary N) is 1. The first-order valence-electron chi connectivity index (χ1n) is 10.2. The molecule has 1 amide bonds. The van der Waals surface area contributed by atoms with E-state index in [1.165, 1.54) is 12.1 Å². The summed E-state index contributed by atoms with van der Waals surface area (Å²) >= 11 is 0. The second-order valence-electron chi connectivity index (χ2n) is 7.52. The van der Waals surface area contributed by atoms with E-state index in [4.69, 9.17) is 5.73 Å². The van der Waals surface area contributed by atoms with Crippen molar-refractivity contribution in [1.82, 2.24) is 0 Å². The van der Waals surface area contributed by atoms with Gasteiger partial charge < -0.3 is 11.1 Å². The van der Waals surface area contributed by atoms with Crippen LogP contribution in [0.5, 0.6) is 0 Å². The molecular weight excluding hydrogens is 415 g/mol. The van der Waals surface area contributed by atoms with Gasteiger partial charge in [-0.05, 0) is 61.1 Å². The molecule has 0 fully saturated rings. The highest BCUT2D eigenvalue weighted by Gasteiger charge is 2.29. The molecule has 0 saturated carbocycles. The fraction of sp³-hybridized carbons (Fsp3) is 0.435. The molecule has 170 valence electrons. The van der Waals surface area contributed by atoms with E-state index in [-0.39, 0.29) is 18.7 Å². The number of benzene rings is 2. The number of unbranched alkanes of at least 4 members (excludes halogenated alkanes) is 2. The molecule has 2 aromatic carbocycles. The molecule has 8 heteroatoms. The zero-order chi connectivity index (χ0) is 22.9. The number of nitrogens with two attached hydrogens (primary N) is 1. The quantitative estimate of drug-likeness (QED) is 0.245. The Morgan fingerprint density at radius 3 is 2.23 bits per heavy atom. The Hall–Kier alpha value is -2.64. The SMILES string of the molecule is Nc1cc(CCc2ccc(C(F)(F)F)cc2)ccc1NC(=O)CCCCC[C@@H](F)CF. The van der Waals surface area contributed by atoms with Gasteiger partial charge in [-0.2, -0.15) is 13.2 Å². The molecule has 0 aliphatic rings. The zero-order valence-electron chi connectivity index (χ0n) is 17.2. The minimum Gasteiger partial charge on any atom is -0.397 e. The Kier molecular flexibility index (Phi) is 9.27. The molecule has 2 rings (SSSR count). The minimum atomic E-state index is -4.35. The van der Waals surface area contributed by atoms with Crippen LogP contribution in [0.2, 0.25) is 0 Å². The van der Waals surface area contributed by atoms with Gasteiger partial charge in [0, 0.05) is 6.42 Å². The average Bonchev–Trinajstić information content (AvgIpc) is 2.73. The summed E-state index contributed by atoms with van der Waals surface area (Å²) < 4.78 is 62.7. The van der Waals surface area contributed by atoms with E-state index in [0.717, 1.165) is 23.3 Å². The van der Waals surface area contributed by atoms with E-state index in [1.54, 1.807) is 12.1 Å². The van der Waals surface area contributed by atoms with Crippen LogP contribution in [0, 0.1) is 0 Å². The largest absolute Gasteiger partial charge is 0.416 e. The van der Waals surface area contributed by atoms with E-state index in [1.807, 2.05) is 6.07 Å². The highest BCUT2D eigenvalue weighted by Crippen LogP contribution is 2.29. The van der Waals surface area contributed by atoms with Gasteiger partial charge in [0.15, 0.2) is 0 Å². The molecule has 1 atom stereocenters. The summed E-state index contributed by atoms with van der Waals surface area (Å²) in [6.07, 6.45) is -2.42. The summed E-state index contributed by atoms with van der Waals surface area (Å²) in [7, 11) is 0. The first-order valence-corrected chi connectivity index (χ1v) is 10.2. The van der Waals surface area contributed by atoms with Crippen LogP contribution in [-0.4, -0.2) is 18.8 Å². The first-order chi connectivity index (χ1) is 14.7. The second-order valence-corrected chi connectivity index (χ2v) is 7.52. The average molecular weight is 442 g/mol. The number of rotatable bonds is 11. The second kappa shape index (κ2) is 11.7. The number of hydrogen-bond donors (Lipinski definition) is 2. The lowest BCUT2D eigenvalue weighted by Gasteiger charge is -2.11. The number of alkyl halides is 5. The number of hydrogen-bond acceptors (Lipinski definition) is 2. The third kappa shape index (κ3) is 8.55. The van der Waals surface area contributed by atoms with Crippen molar-refractivity contribution in [3.63, 3.8) is 0 Å². The van der Waals surface area contributed by atoms with Crippen molar-refractivity contribution in [2.75, 3.05) is 17.7 Å². The number of anilines is 2.